The first-order valence-corrected chi connectivity index (χ1v) is 6.38. The van der Waals surface area contributed by atoms with Crippen LogP contribution in [0, 0.1) is 17.8 Å². The molecule has 1 aliphatic carbocycles. The van der Waals surface area contributed by atoms with Crippen molar-refractivity contribution in [2.45, 2.75) is 59.1 Å². The molecule has 0 aliphatic heterocycles. The molecule has 2 nitrogen and oxygen atoms in total. The molecule has 3 atom stereocenters. The summed E-state index contributed by atoms with van der Waals surface area (Å²) >= 11 is 0. The highest BCUT2D eigenvalue weighted by atomic mass is 16.5. The molecule has 0 heterocycles. The van der Waals surface area contributed by atoms with Crippen molar-refractivity contribution in [3.8, 4) is 0 Å². The van der Waals surface area contributed by atoms with E-state index in [2.05, 4.69) is 27.7 Å². The van der Waals surface area contributed by atoms with Crippen molar-refractivity contribution < 1.29 is 4.74 Å². The topological polar surface area (TPSA) is 35.2 Å². The summed E-state index contributed by atoms with van der Waals surface area (Å²) in [5.41, 5.74) is 6.15. The molecule has 1 rings (SSSR count). The standard InChI is InChI=1S/C13H27NO/c1-9(2)11-5-6-13(14)12(7-11)8-15-10(3)4/h9-13H,5-8,14H2,1-4H3. The van der Waals surface area contributed by atoms with E-state index in [0.29, 0.717) is 18.1 Å². The Morgan fingerprint density at radius 3 is 2.40 bits per heavy atom. The monoisotopic (exact) mass is 213 g/mol. The van der Waals surface area contributed by atoms with E-state index in [9.17, 15) is 0 Å². The third-order valence-electron chi connectivity index (χ3n) is 3.67. The molecule has 0 amide bonds. The Bertz CT molecular complexity index is 179. The molecule has 0 aromatic carbocycles. The van der Waals surface area contributed by atoms with Gasteiger partial charge < -0.3 is 10.5 Å². The lowest BCUT2D eigenvalue weighted by Crippen LogP contribution is -2.40. The summed E-state index contributed by atoms with van der Waals surface area (Å²) in [5.74, 6) is 2.22. The van der Waals surface area contributed by atoms with Gasteiger partial charge in [-0.1, -0.05) is 13.8 Å². The van der Waals surface area contributed by atoms with Crippen LogP contribution in [-0.4, -0.2) is 18.8 Å². The molecule has 15 heavy (non-hydrogen) atoms. The zero-order valence-corrected chi connectivity index (χ0v) is 10.7. The van der Waals surface area contributed by atoms with E-state index in [1.54, 1.807) is 0 Å². The third kappa shape index (κ3) is 4.12. The molecule has 0 radical (unpaired) electrons. The molecule has 1 aliphatic rings. The van der Waals surface area contributed by atoms with Gasteiger partial charge in [0.25, 0.3) is 0 Å². The second-order valence-electron chi connectivity index (χ2n) is 5.62. The van der Waals surface area contributed by atoms with Crippen LogP contribution in [0.2, 0.25) is 0 Å². The molecule has 0 spiro atoms. The smallest absolute Gasteiger partial charge is 0.0519 e. The maximum absolute atomic E-state index is 6.15. The Morgan fingerprint density at radius 2 is 1.87 bits per heavy atom. The van der Waals surface area contributed by atoms with Crippen molar-refractivity contribution in [1.29, 1.82) is 0 Å². The van der Waals surface area contributed by atoms with Crippen LogP contribution in [0.5, 0.6) is 0 Å². The Balaban J connectivity index is 2.39. The fourth-order valence-electron chi connectivity index (χ4n) is 2.44. The van der Waals surface area contributed by atoms with E-state index in [1.165, 1.54) is 19.3 Å². The van der Waals surface area contributed by atoms with E-state index in [0.717, 1.165) is 18.4 Å². The maximum atomic E-state index is 6.15. The van der Waals surface area contributed by atoms with Crippen LogP contribution in [0.25, 0.3) is 0 Å². The van der Waals surface area contributed by atoms with Gasteiger partial charge in [0.05, 0.1) is 12.7 Å². The third-order valence-corrected chi connectivity index (χ3v) is 3.67. The molecule has 1 saturated carbocycles. The number of hydrogen-bond donors (Lipinski definition) is 1. The van der Waals surface area contributed by atoms with E-state index < -0.39 is 0 Å². The summed E-state index contributed by atoms with van der Waals surface area (Å²) in [7, 11) is 0. The summed E-state index contributed by atoms with van der Waals surface area (Å²) in [6.45, 7) is 9.67. The predicted molar refractivity (Wildman–Crippen MR) is 64.7 cm³/mol. The Morgan fingerprint density at radius 1 is 1.20 bits per heavy atom. The molecule has 0 saturated heterocycles. The van der Waals surface area contributed by atoms with Crippen LogP contribution in [0.1, 0.15) is 47.0 Å². The number of nitrogens with two attached hydrogens (primary N) is 1. The van der Waals surface area contributed by atoms with Gasteiger partial charge >= 0.3 is 0 Å². The summed E-state index contributed by atoms with van der Waals surface area (Å²) in [4.78, 5) is 0. The van der Waals surface area contributed by atoms with Crippen molar-refractivity contribution in [1.82, 2.24) is 0 Å². The van der Waals surface area contributed by atoms with Crippen molar-refractivity contribution >= 4 is 0 Å². The average Bonchev–Trinajstić information content (AvgIpc) is 2.16. The Hall–Kier alpha value is -0.0800. The van der Waals surface area contributed by atoms with Crippen LogP contribution in [0.15, 0.2) is 0 Å². The van der Waals surface area contributed by atoms with E-state index in [1.807, 2.05) is 0 Å². The first-order chi connectivity index (χ1) is 7.00. The predicted octanol–water partition coefficient (Wildman–Crippen LogP) is 2.81. The van der Waals surface area contributed by atoms with E-state index in [4.69, 9.17) is 10.5 Å². The number of rotatable bonds is 4. The minimum Gasteiger partial charge on any atom is -0.378 e. The zero-order chi connectivity index (χ0) is 11.4. The van der Waals surface area contributed by atoms with Gasteiger partial charge in [0, 0.05) is 6.04 Å². The minimum absolute atomic E-state index is 0.330. The van der Waals surface area contributed by atoms with Crippen LogP contribution >= 0.6 is 0 Å². The number of ether oxygens (including phenoxy) is 1. The first-order valence-electron chi connectivity index (χ1n) is 6.38. The summed E-state index contributed by atoms with van der Waals surface area (Å²) in [6, 6.07) is 0.360. The highest BCUT2D eigenvalue weighted by molar-refractivity contribution is 4.83. The number of hydrogen-bond acceptors (Lipinski definition) is 2. The lowest BCUT2D eigenvalue weighted by molar-refractivity contribution is 0.0231. The van der Waals surface area contributed by atoms with Gasteiger partial charge in [0.1, 0.15) is 0 Å². The highest BCUT2D eigenvalue weighted by Gasteiger charge is 2.29. The summed E-state index contributed by atoms with van der Waals surface area (Å²) in [6.07, 6.45) is 4.06. The molecule has 2 N–H and O–H groups in total. The van der Waals surface area contributed by atoms with Gasteiger partial charge in [-0.3, -0.25) is 0 Å². The normalized spacial score (nSPS) is 32.6. The van der Waals surface area contributed by atoms with Crippen molar-refractivity contribution in [3.63, 3.8) is 0 Å². The Labute approximate surface area is 94.6 Å². The fraction of sp³-hybridized carbons (Fsp3) is 1.00. The van der Waals surface area contributed by atoms with Crippen LogP contribution in [-0.2, 0) is 4.74 Å². The lowest BCUT2D eigenvalue weighted by Gasteiger charge is -2.36. The van der Waals surface area contributed by atoms with Crippen LogP contribution < -0.4 is 5.73 Å². The second kappa shape index (κ2) is 5.86. The maximum Gasteiger partial charge on any atom is 0.0519 e. The molecule has 2 heteroatoms. The molecule has 0 bridgehead atoms. The quantitative estimate of drug-likeness (QED) is 0.779. The SMILES string of the molecule is CC(C)OCC1CC(C(C)C)CCC1N. The van der Waals surface area contributed by atoms with E-state index in [-0.39, 0.29) is 0 Å². The largest absolute Gasteiger partial charge is 0.378 e. The van der Waals surface area contributed by atoms with Gasteiger partial charge in [-0.2, -0.15) is 0 Å². The fourth-order valence-corrected chi connectivity index (χ4v) is 2.44. The Kier molecular flexibility index (Phi) is 5.07. The van der Waals surface area contributed by atoms with Gasteiger partial charge in [0.2, 0.25) is 0 Å². The van der Waals surface area contributed by atoms with E-state index >= 15 is 0 Å². The van der Waals surface area contributed by atoms with Gasteiger partial charge in [-0.15, -0.1) is 0 Å². The molecular formula is C13H27NO. The van der Waals surface area contributed by atoms with Crippen molar-refractivity contribution in [3.05, 3.63) is 0 Å². The van der Waals surface area contributed by atoms with Gasteiger partial charge in [-0.25, -0.2) is 0 Å². The van der Waals surface area contributed by atoms with Crippen LogP contribution in [0.3, 0.4) is 0 Å². The zero-order valence-electron chi connectivity index (χ0n) is 10.7. The highest BCUT2D eigenvalue weighted by Crippen LogP contribution is 2.33. The molecule has 0 aromatic heterocycles. The minimum atomic E-state index is 0.330. The summed E-state index contributed by atoms with van der Waals surface area (Å²) in [5, 5.41) is 0. The average molecular weight is 213 g/mol. The molecular weight excluding hydrogens is 186 g/mol. The first kappa shape index (κ1) is 13.0. The van der Waals surface area contributed by atoms with Gasteiger partial charge in [-0.05, 0) is 50.9 Å². The molecule has 0 aromatic rings. The van der Waals surface area contributed by atoms with Crippen LogP contribution in [0.4, 0.5) is 0 Å². The molecule has 90 valence electrons. The van der Waals surface area contributed by atoms with Crippen molar-refractivity contribution in [2.24, 2.45) is 23.5 Å². The van der Waals surface area contributed by atoms with Gasteiger partial charge in [0.15, 0.2) is 0 Å². The van der Waals surface area contributed by atoms with Crippen molar-refractivity contribution in [2.75, 3.05) is 6.61 Å². The lowest BCUT2D eigenvalue weighted by atomic mass is 9.74. The summed E-state index contributed by atoms with van der Waals surface area (Å²) < 4.78 is 5.70. The molecule has 3 unspecified atom stereocenters. The second-order valence-corrected chi connectivity index (χ2v) is 5.62. The molecule has 1 fully saturated rings.